The molecule has 1 aromatic rings. The van der Waals surface area contributed by atoms with Crippen LogP contribution in [0.5, 0.6) is 5.75 Å². The van der Waals surface area contributed by atoms with E-state index in [4.69, 9.17) is 0 Å². The van der Waals surface area contributed by atoms with Crippen molar-refractivity contribution in [3.63, 3.8) is 0 Å². The highest BCUT2D eigenvalue weighted by Crippen LogP contribution is 2.20. The number of rotatable bonds is 5. The molecule has 0 saturated carbocycles. The van der Waals surface area contributed by atoms with Gasteiger partial charge in [0.2, 0.25) is 0 Å². The van der Waals surface area contributed by atoms with Gasteiger partial charge in [-0.2, -0.15) is 8.78 Å². The minimum Gasteiger partial charge on any atom is -0.435 e. The molecule has 7 heteroatoms. The van der Waals surface area contributed by atoms with Crippen LogP contribution < -0.4 is 15.4 Å². The van der Waals surface area contributed by atoms with Crippen LogP contribution in [0.4, 0.5) is 13.6 Å². The standard InChI is InChI=1S/C13H14F2N2O3/c1-13(10(18)16-12(19)17-13)7-6-8-2-4-9(5-3-8)20-11(14)15/h2-5,11H,6-7H2,1H3,(H2,16,17,18,19). The minimum atomic E-state index is -2.85. The Bertz CT molecular complexity index is 519. The largest absolute Gasteiger partial charge is 0.435 e. The number of alkyl halides is 2. The third kappa shape index (κ3) is 3.23. The second-order valence-electron chi connectivity index (χ2n) is 4.76. The predicted molar refractivity (Wildman–Crippen MR) is 66.5 cm³/mol. The van der Waals surface area contributed by atoms with Crippen molar-refractivity contribution in [1.82, 2.24) is 10.6 Å². The Balaban J connectivity index is 1.94. The van der Waals surface area contributed by atoms with Gasteiger partial charge in [-0.3, -0.25) is 10.1 Å². The van der Waals surface area contributed by atoms with Crippen LogP contribution in [-0.4, -0.2) is 24.1 Å². The molecule has 2 rings (SSSR count). The van der Waals surface area contributed by atoms with E-state index in [0.29, 0.717) is 12.8 Å². The van der Waals surface area contributed by atoms with Crippen LogP contribution in [0.2, 0.25) is 0 Å². The molecule has 0 bridgehead atoms. The van der Waals surface area contributed by atoms with Crippen LogP contribution in [-0.2, 0) is 11.2 Å². The molecule has 1 unspecified atom stereocenters. The number of aryl methyl sites for hydroxylation is 1. The molecule has 0 spiro atoms. The number of ether oxygens (including phenoxy) is 1. The van der Waals surface area contributed by atoms with Crippen LogP contribution >= 0.6 is 0 Å². The second-order valence-corrected chi connectivity index (χ2v) is 4.76. The van der Waals surface area contributed by atoms with Gasteiger partial charge in [-0.1, -0.05) is 12.1 Å². The number of halogens is 2. The maximum Gasteiger partial charge on any atom is 0.387 e. The summed E-state index contributed by atoms with van der Waals surface area (Å²) in [5.41, 5.74) is -0.0725. The normalized spacial score (nSPS) is 21.8. The monoisotopic (exact) mass is 284 g/mol. The molecule has 2 N–H and O–H groups in total. The third-order valence-electron chi connectivity index (χ3n) is 3.18. The van der Waals surface area contributed by atoms with Crippen molar-refractivity contribution >= 4 is 11.9 Å². The molecular formula is C13H14F2N2O3. The van der Waals surface area contributed by atoms with E-state index in [1.54, 1.807) is 19.1 Å². The zero-order valence-corrected chi connectivity index (χ0v) is 10.8. The smallest absolute Gasteiger partial charge is 0.387 e. The molecule has 1 aliphatic rings. The van der Waals surface area contributed by atoms with Gasteiger partial charge >= 0.3 is 12.6 Å². The molecule has 3 amide bonds. The summed E-state index contributed by atoms with van der Waals surface area (Å²) < 4.78 is 28.2. The van der Waals surface area contributed by atoms with Gasteiger partial charge in [0.05, 0.1) is 0 Å². The van der Waals surface area contributed by atoms with Crippen molar-refractivity contribution in [1.29, 1.82) is 0 Å². The molecule has 1 fully saturated rings. The fraction of sp³-hybridized carbons (Fsp3) is 0.385. The van der Waals surface area contributed by atoms with Crippen molar-refractivity contribution in [2.75, 3.05) is 0 Å². The number of hydrogen-bond donors (Lipinski definition) is 2. The first-order chi connectivity index (χ1) is 9.39. The SMILES string of the molecule is CC1(CCc2ccc(OC(F)F)cc2)NC(=O)NC1=O. The lowest BCUT2D eigenvalue weighted by Gasteiger charge is -2.20. The Kier molecular flexibility index (Phi) is 3.87. The molecule has 108 valence electrons. The Morgan fingerprint density at radius 3 is 2.40 bits per heavy atom. The first-order valence-corrected chi connectivity index (χ1v) is 6.06. The Hall–Kier alpha value is -2.18. The molecular weight excluding hydrogens is 270 g/mol. The van der Waals surface area contributed by atoms with Gasteiger partial charge in [0, 0.05) is 0 Å². The zero-order chi connectivity index (χ0) is 14.8. The average molecular weight is 284 g/mol. The quantitative estimate of drug-likeness (QED) is 0.810. The second kappa shape index (κ2) is 5.44. The number of amides is 3. The van der Waals surface area contributed by atoms with E-state index in [9.17, 15) is 18.4 Å². The number of hydrogen-bond acceptors (Lipinski definition) is 3. The fourth-order valence-corrected chi connectivity index (χ4v) is 1.99. The van der Waals surface area contributed by atoms with Crippen molar-refractivity contribution in [2.45, 2.75) is 31.9 Å². The maximum atomic E-state index is 12.0. The van der Waals surface area contributed by atoms with Gasteiger partial charge in [0.15, 0.2) is 0 Å². The molecule has 1 heterocycles. The molecule has 0 radical (unpaired) electrons. The van der Waals surface area contributed by atoms with Gasteiger partial charge in [0.1, 0.15) is 11.3 Å². The van der Waals surface area contributed by atoms with E-state index in [2.05, 4.69) is 15.4 Å². The van der Waals surface area contributed by atoms with Crippen molar-refractivity contribution in [3.05, 3.63) is 29.8 Å². The number of nitrogens with one attached hydrogen (secondary N) is 2. The van der Waals surface area contributed by atoms with E-state index in [1.165, 1.54) is 12.1 Å². The van der Waals surface area contributed by atoms with E-state index >= 15 is 0 Å². The lowest BCUT2D eigenvalue weighted by atomic mass is 9.93. The number of benzene rings is 1. The van der Waals surface area contributed by atoms with Crippen molar-refractivity contribution in [3.8, 4) is 5.75 Å². The van der Waals surface area contributed by atoms with E-state index in [0.717, 1.165) is 5.56 Å². The van der Waals surface area contributed by atoms with Gasteiger partial charge in [-0.15, -0.1) is 0 Å². The lowest BCUT2D eigenvalue weighted by Crippen LogP contribution is -2.43. The van der Waals surface area contributed by atoms with Crippen molar-refractivity contribution in [2.24, 2.45) is 0 Å². The maximum absolute atomic E-state index is 12.0. The van der Waals surface area contributed by atoms with Crippen molar-refractivity contribution < 1.29 is 23.1 Å². The van der Waals surface area contributed by atoms with Gasteiger partial charge < -0.3 is 10.1 Å². The number of urea groups is 1. The zero-order valence-electron chi connectivity index (χ0n) is 10.8. The first kappa shape index (κ1) is 14.2. The summed E-state index contributed by atoms with van der Waals surface area (Å²) in [4.78, 5) is 22.7. The van der Waals surface area contributed by atoms with Gasteiger partial charge in [-0.05, 0) is 37.5 Å². The summed E-state index contributed by atoms with van der Waals surface area (Å²) in [6.07, 6.45) is 0.943. The van der Waals surface area contributed by atoms with Crippen LogP contribution in [0.15, 0.2) is 24.3 Å². The van der Waals surface area contributed by atoms with Crippen LogP contribution in [0.1, 0.15) is 18.9 Å². The van der Waals surface area contributed by atoms with Crippen LogP contribution in [0.3, 0.4) is 0 Å². The summed E-state index contributed by atoms with van der Waals surface area (Å²) in [7, 11) is 0. The van der Waals surface area contributed by atoms with Gasteiger partial charge in [-0.25, -0.2) is 4.79 Å². The molecule has 1 atom stereocenters. The molecule has 1 saturated heterocycles. The Morgan fingerprint density at radius 2 is 1.90 bits per heavy atom. The summed E-state index contributed by atoms with van der Waals surface area (Å²) in [5, 5.41) is 4.75. The highest BCUT2D eigenvalue weighted by atomic mass is 19.3. The van der Waals surface area contributed by atoms with Gasteiger partial charge in [0.25, 0.3) is 5.91 Å². The molecule has 1 aliphatic heterocycles. The van der Waals surface area contributed by atoms with E-state index < -0.39 is 18.2 Å². The first-order valence-electron chi connectivity index (χ1n) is 6.06. The van der Waals surface area contributed by atoms with E-state index in [1.807, 2.05) is 0 Å². The third-order valence-corrected chi connectivity index (χ3v) is 3.18. The predicted octanol–water partition coefficient (Wildman–Crippen LogP) is 1.82. The topological polar surface area (TPSA) is 67.4 Å². The molecule has 5 nitrogen and oxygen atoms in total. The van der Waals surface area contributed by atoms with Crippen LogP contribution in [0.25, 0.3) is 0 Å². The average Bonchev–Trinajstić information content (AvgIpc) is 2.62. The molecule has 0 aromatic heterocycles. The highest BCUT2D eigenvalue weighted by molar-refractivity contribution is 6.06. The lowest BCUT2D eigenvalue weighted by molar-refractivity contribution is -0.123. The minimum absolute atomic E-state index is 0.0851. The summed E-state index contributed by atoms with van der Waals surface area (Å²) >= 11 is 0. The molecule has 1 aromatic carbocycles. The Morgan fingerprint density at radius 1 is 1.25 bits per heavy atom. The number of carbonyl (C=O) groups is 2. The molecule has 20 heavy (non-hydrogen) atoms. The summed E-state index contributed by atoms with van der Waals surface area (Å²) in [5.74, 6) is -0.276. The summed E-state index contributed by atoms with van der Waals surface area (Å²) in [6.45, 7) is -1.21. The number of carbonyl (C=O) groups excluding carboxylic acids is 2. The highest BCUT2D eigenvalue weighted by Gasteiger charge is 2.41. The van der Waals surface area contributed by atoms with Crippen LogP contribution in [0, 0.1) is 0 Å². The summed E-state index contributed by atoms with van der Waals surface area (Å²) in [6, 6.07) is 5.68. The molecule has 0 aliphatic carbocycles. The fourth-order valence-electron chi connectivity index (χ4n) is 1.99. The van der Waals surface area contributed by atoms with E-state index in [-0.39, 0.29) is 11.7 Å². The number of imide groups is 1. The Labute approximate surface area is 114 Å².